The van der Waals surface area contributed by atoms with Crippen LogP contribution in [0.15, 0.2) is 0 Å². The molecule has 1 aliphatic rings. The summed E-state index contributed by atoms with van der Waals surface area (Å²) in [5, 5.41) is 0. The summed E-state index contributed by atoms with van der Waals surface area (Å²) in [6, 6.07) is 0. The van der Waals surface area contributed by atoms with Gasteiger partial charge in [-0.25, -0.2) is 0 Å². The van der Waals surface area contributed by atoms with E-state index in [4.69, 9.17) is 4.74 Å². The lowest BCUT2D eigenvalue weighted by Crippen LogP contribution is -2.27. The predicted molar refractivity (Wildman–Crippen MR) is 48.0 cm³/mol. The summed E-state index contributed by atoms with van der Waals surface area (Å²) in [6.07, 6.45) is 2.84. The number of rotatable bonds is 3. The fraction of sp³-hybridized carbons (Fsp3) is 0.900. The summed E-state index contributed by atoms with van der Waals surface area (Å²) in [6.45, 7) is 5.64. The van der Waals surface area contributed by atoms with Crippen molar-refractivity contribution in [1.82, 2.24) is 0 Å². The number of hydrogen-bond donors (Lipinski definition) is 0. The van der Waals surface area contributed by atoms with Crippen LogP contribution in [0.1, 0.15) is 33.1 Å². The molecular formula is C10H18O2. The molecule has 0 saturated carbocycles. The molecule has 12 heavy (non-hydrogen) atoms. The topological polar surface area (TPSA) is 26.3 Å². The lowest BCUT2D eigenvalue weighted by molar-refractivity contribution is -0.129. The molecule has 2 nitrogen and oxygen atoms in total. The van der Waals surface area contributed by atoms with Crippen LogP contribution in [0.2, 0.25) is 0 Å². The van der Waals surface area contributed by atoms with E-state index in [0.717, 1.165) is 32.5 Å². The number of ether oxygens (including phenoxy) is 1. The van der Waals surface area contributed by atoms with E-state index in [0.29, 0.717) is 5.78 Å². The van der Waals surface area contributed by atoms with E-state index in [1.165, 1.54) is 0 Å². The van der Waals surface area contributed by atoms with E-state index < -0.39 is 0 Å². The molecule has 0 aromatic rings. The molecule has 0 N–H and O–H groups in total. The van der Waals surface area contributed by atoms with Crippen molar-refractivity contribution in [3.8, 4) is 0 Å². The van der Waals surface area contributed by atoms with Gasteiger partial charge in [0.1, 0.15) is 5.78 Å². The van der Waals surface area contributed by atoms with Gasteiger partial charge in [0.05, 0.1) is 0 Å². The Morgan fingerprint density at radius 3 is 2.58 bits per heavy atom. The molecule has 0 aliphatic carbocycles. The van der Waals surface area contributed by atoms with Gasteiger partial charge < -0.3 is 4.74 Å². The van der Waals surface area contributed by atoms with Crippen molar-refractivity contribution in [2.45, 2.75) is 33.1 Å². The minimum Gasteiger partial charge on any atom is -0.381 e. The number of hydrogen-bond acceptors (Lipinski definition) is 2. The van der Waals surface area contributed by atoms with Crippen LogP contribution in [0, 0.1) is 11.8 Å². The van der Waals surface area contributed by atoms with Crippen molar-refractivity contribution >= 4 is 5.78 Å². The van der Waals surface area contributed by atoms with E-state index in [1.54, 1.807) is 0 Å². The predicted octanol–water partition coefficient (Wildman–Crippen LogP) is 2.03. The van der Waals surface area contributed by atoms with E-state index in [2.05, 4.69) is 6.92 Å². The summed E-state index contributed by atoms with van der Waals surface area (Å²) in [5.41, 5.74) is 0. The molecule has 1 aliphatic heterocycles. The molecule has 1 atom stereocenters. The van der Waals surface area contributed by atoms with Crippen LogP contribution < -0.4 is 0 Å². The summed E-state index contributed by atoms with van der Waals surface area (Å²) in [7, 11) is 0. The Morgan fingerprint density at radius 1 is 1.50 bits per heavy atom. The lowest BCUT2D eigenvalue weighted by atomic mass is 9.87. The van der Waals surface area contributed by atoms with Crippen LogP contribution >= 0.6 is 0 Å². The normalized spacial score (nSPS) is 22.2. The van der Waals surface area contributed by atoms with Gasteiger partial charge in [-0.2, -0.15) is 0 Å². The summed E-state index contributed by atoms with van der Waals surface area (Å²) in [5.74, 6) is 0.975. The van der Waals surface area contributed by atoms with Crippen molar-refractivity contribution in [2.75, 3.05) is 13.2 Å². The maximum absolute atomic E-state index is 11.7. The summed E-state index contributed by atoms with van der Waals surface area (Å²) < 4.78 is 5.21. The van der Waals surface area contributed by atoms with Gasteiger partial charge in [-0.1, -0.05) is 13.8 Å². The monoisotopic (exact) mass is 170 g/mol. The minimum atomic E-state index is 0.244. The highest BCUT2D eigenvalue weighted by Crippen LogP contribution is 2.20. The Labute approximate surface area is 74.3 Å². The molecule has 2 heteroatoms. The maximum Gasteiger partial charge on any atom is 0.138 e. The lowest BCUT2D eigenvalue weighted by Gasteiger charge is -2.23. The van der Waals surface area contributed by atoms with Gasteiger partial charge in [0.2, 0.25) is 0 Å². The second kappa shape index (κ2) is 4.61. The summed E-state index contributed by atoms with van der Waals surface area (Å²) in [4.78, 5) is 11.7. The van der Waals surface area contributed by atoms with Gasteiger partial charge in [-0.15, -0.1) is 0 Å². The molecular weight excluding hydrogens is 152 g/mol. The molecule has 1 rings (SSSR count). The van der Waals surface area contributed by atoms with E-state index in [-0.39, 0.29) is 11.8 Å². The smallest absolute Gasteiger partial charge is 0.138 e. The largest absolute Gasteiger partial charge is 0.381 e. The molecule has 1 heterocycles. The average molecular weight is 170 g/mol. The first-order valence-corrected chi connectivity index (χ1v) is 4.87. The molecule has 1 saturated heterocycles. The Morgan fingerprint density at radius 2 is 2.08 bits per heavy atom. The van der Waals surface area contributed by atoms with Crippen LogP contribution in [0.5, 0.6) is 0 Å². The fourth-order valence-electron chi connectivity index (χ4n) is 1.59. The van der Waals surface area contributed by atoms with E-state index >= 15 is 0 Å². The quantitative estimate of drug-likeness (QED) is 0.647. The minimum absolute atomic E-state index is 0.244. The third-order valence-corrected chi connectivity index (χ3v) is 2.72. The van der Waals surface area contributed by atoms with Gasteiger partial charge in [0.25, 0.3) is 0 Å². The van der Waals surface area contributed by atoms with Crippen LogP contribution in [0.4, 0.5) is 0 Å². The zero-order chi connectivity index (χ0) is 8.97. The van der Waals surface area contributed by atoms with Crippen molar-refractivity contribution in [3.63, 3.8) is 0 Å². The second-order valence-electron chi connectivity index (χ2n) is 3.60. The standard InChI is InChI=1S/C10H18O2/c1-3-8(2)10(11)9-4-6-12-7-5-9/h8-9H,3-7H2,1-2H3. The number of carbonyl (C=O) groups is 1. The molecule has 0 spiro atoms. The van der Waals surface area contributed by atoms with E-state index in [9.17, 15) is 4.79 Å². The first-order valence-electron chi connectivity index (χ1n) is 4.87. The van der Waals surface area contributed by atoms with Gasteiger partial charge in [-0.05, 0) is 19.3 Å². The molecule has 70 valence electrons. The third-order valence-electron chi connectivity index (χ3n) is 2.72. The first-order chi connectivity index (χ1) is 5.75. The zero-order valence-electron chi connectivity index (χ0n) is 8.01. The van der Waals surface area contributed by atoms with E-state index in [1.807, 2.05) is 6.92 Å². The fourth-order valence-corrected chi connectivity index (χ4v) is 1.59. The molecule has 1 unspecified atom stereocenters. The number of ketones is 1. The maximum atomic E-state index is 11.7. The molecule has 0 amide bonds. The highest BCUT2D eigenvalue weighted by Gasteiger charge is 2.24. The zero-order valence-corrected chi connectivity index (χ0v) is 8.01. The first kappa shape index (κ1) is 9.72. The summed E-state index contributed by atoms with van der Waals surface area (Å²) >= 11 is 0. The molecule has 0 aromatic carbocycles. The van der Waals surface area contributed by atoms with Crippen molar-refractivity contribution in [2.24, 2.45) is 11.8 Å². The van der Waals surface area contributed by atoms with Gasteiger partial charge in [0.15, 0.2) is 0 Å². The van der Waals surface area contributed by atoms with Gasteiger partial charge in [0, 0.05) is 25.0 Å². The molecule has 1 fully saturated rings. The number of carbonyl (C=O) groups excluding carboxylic acids is 1. The van der Waals surface area contributed by atoms with Gasteiger partial charge >= 0.3 is 0 Å². The Bertz CT molecular complexity index is 148. The molecule has 0 bridgehead atoms. The Balaban J connectivity index is 2.39. The van der Waals surface area contributed by atoms with Crippen LogP contribution in [-0.4, -0.2) is 19.0 Å². The van der Waals surface area contributed by atoms with Crippen LogP contribution in [-0.2, 0) is 9.53 Å². The Kier molecular flexibility index (Phi) is 3.73. The molecule has 0 aromatic heterocycles. The third kappa shape index (κ3) is 2.31. The van der Waals surface area contributed by atoms with Crippen LogP contribution in [0.3, 0.4) is 0 Å². The van der Waals surface area contributed by atoms with Crippen molar-refractivity contribution in [3.05, 3.63) is 0 Å². The highest BCUT2D eigenvalue weighted by molar-refractivity contribution is 5.83. The average Bonchev–Trinajstić information content (AvgIpc) is 2.17. The van der Waals surface area contributed by atoms with Crippen molar-refractivity contribution < 1.29 is 9.53 Å². The molecule has 0 radical (unpaired) electrons. The highest BCUT2D eigenvalue weighted by atomic mass is 16.5. The van der Waals surface area contributed by atoms with Gasteiger partial charge in [-0.3, -0.25) is 4.79 Å². The van der Waals surface area contributed by atoms with Crippen molar-refractivity contribution in [1.29, 1.82) is 0 Å². The Hall–Kier alpha value is -0.370. The SMILES string of the molecule is CCC(C)C(=O)C1CCOCC1. The number of Topliss-reactive ketones (excluding diaryl/α,β-unsaturated/α-hetero) is 1. The van der Waals surface area contributed by atoms with Crippen LogP contribution in [0.25, 0.3) is 0 Å². The second-order valence-corrected chi connectivity index (χ2v) is 3.60.